The Kier molecular flexibility index (Phi) is 5.66. The molecule has 0 saturated heterocycles. The van der Waals surface area contributed by atoms with Crippen LogP contribution in [-0.4, -0.2) is 41.9 Å². The van der Waals surface area contributed by atoms with E-state index in [0.717, 1.165) is 24.2 Å². The van der Waals surface area contributed by atoms with Crippen molar-refractivity contribution >= 4 is 17.7 Å². The van der Waals surface area contributed by atoms with E-state index in [1.807, 2.05) is 18.2 Å². The minimum atomic E-state index is -0.0961. The van der Waals surface area contributed by atoms with Crippen LogP contribution in [0.1, 0.15) is 24.8 Å². The van der Waals surface area contributed by atoms with Crippen LogP contribution in [0.2, 0.25) is 0 Å². The van der Waals surface area contributed by atoms with Gasteiger partial charge in [0.2, 0.25) is 18.6 Å². The fourth-order valence-electron chi connectivity index (χ4n) is 3.82. The molecule has 0 unspecified atom stereocenters. The molecule has 29 heavy (non-hydrogen) atoms. The maximum absolute atomic E-state index is 12.7. The average molecular weight is 399 g/mol. The van der Waals surface area contributed by atoms with Crippen LogP contribution in [-0.2, 0) is 16.1 Å². The number of rotatable bonds is 6. The second-order valence-electron chi connectivity index (χ2n) is 7.24. The number of nitrogens with zero attached hydrogens (tertiary/aromatic N) is 2. The van der Waals surface area contributed by atoms with Gasteiger partial charge in [-0.05, 0) is 43.0 Å². The first kappa shape index (κ1) is 19.3. The molecular formula is C20H25N5O4. The third-order valence-electron chi connectivity index (χ3n) is 5.38. The molecule has 1 aromatic carbocycles. The van der Waals surface area contributed by atoms with Gasteiger partial charge >= 0.3 is 0 Å². The number of nitrogens with one attached hydrogen (secondary N) is 2. The Hall–Kier alpha value is -3.07. The number of methoxy groups -OCH3 is 1. The van der Waals surface area contributed by atoms with Crippen LogP contribution in [0.5, 0.6) is 11.5 Å². The summed E-state index contributed by atoms with van der Waals surface area (Å²) >= 11 is 0. The lowest BCUT2D eigenvalue weighted by Crippen LogP contribution is -2.44. The molecule has 3 atom stereocenters. The van der Waals surface area contributed by atoms with Gasteiger partial charge in [0, 0.05) is 25.8 Å². The van der Waals surface area contributed by atoms with Crippen LogP contribution in [0.25, 0.3) is 0 Å². The molecule has 154 valence electrons. The van der Waals surface area contributed by atoms with Crippen LogP contribution in [0.4, 0.5) is 11.8 Å². The van der Waals surface area contributed by atoms with Gasteiger partial charge in [0.15, 0.2) is 11.5 Å². The van der Waals surface area contributed by atoms with E-state index in [-0.39, 0.29) is 36.7 Å². The molecule has 4 rings (SSSR count). The molecule has 0 radical (unpaired) electrons. The Labute approximate surface area is 169 Å². The van der Waals surface area contributed by atoms with E-state index < -0.39 is 0 Å². The van der Waals surface area contributed by atoms with E-state index in [4.69, 9.17) is 19.9 Å². The lowest BCUT2D eigenvalue weighted by molar-refractivity contribution is -0.127. The molecule has 0 bridgehead atoms. The molecular weight excluding hydrogens is 374 g/mol. The molecule has 9 heteroatoms. The van der Waals surface area contributed by atoms with Crippen molar-refractivity contribution in [2.45, 2.75) is 38.0 Å². The largest absolute Gasteiger partial charge is 0.454 e. The standard InChI is InChI=1S/C20H25N5O4/c1-27-16-9-13(3-4-14(16)24-18-6-7-22-20(21)25-18)19(26)23-10-12-2-5-15-17(8-12)29-11-28-15/h2,5-8,13-14,16H,3-4,9-11H2,1H3,(H,23,26)(H3,21,22,24,25)/t13-,14-,16-/m0/s1. The topological polar surface area (TPSA) is 121 Å². The Morgan fingerprint density at radius 3 is 2.97 bits per heavy atom. The number of amides is 1. The molecule has 1 aliphatic heterocycles. The van der Waals surface area contributed by atoms with Gasteiger partial charge in [-0.15, -0.1) is 0 Å². The molecule has 2 heterocycles. The van der Waals surface area contributed by atoms with Crippen LogP contribution in [0, 0.1) is 5.92 Å². The van der Waals surface area contributed by atoms with Crippen molar-refractivity contribution in [3.05, 3.63) is 36.0 Å². The third-order valence-corrected chi connectivity index (χ3v) is 5.38. The monoisotopic (exact) mass is 399 g/mol. The fraction of sp³-hybridized carbons (Fsp3) is 0.450. The van der Waals surface area contributed by atoms with Gasteiger partial charge in [-0.1, -0.05) is 6.07 Å². The van der Waals surface area contributed by atoms with Crippen LogP contribution in [0.3, 0.4) is 0 Å². The van der Waals surface area contributed by atoms with Gasteiger partial charge in [0.25, 0.3) is 0 Å². The summed E-state index contributed by atoms with van der Waals surface area (Å²) in [7, 11) is 1.67. The van der Waals surface area contributed by atoms with Crippen LogP contribution < -0.4 is 25.8 Å². The molecule has 2 aliphatic rings. The predicted molar refractivity (Wildman–Crippen MR) is 106 cm³/mol. The molecule has 1 aliphatic carbocycles. The van der Waals surface area contributed by atoms with E-state index in [2.05, 4.69) is 20.6 Å². The molecule has 1 aromatic heterocycles. The van der Waals surface area contributed by atoms with E-state index in [9.17, 15) is 4.79 Å². The average Bonchev–Trinajstić information content (AvgIpc) is 3.20. The normalized spacial score (nSPS) is 22.9. The second kappa shape index (κ2) is 8.52. The number of carbonyl (C=O) groups is 1. The van der Waals surface area contributed by atoms with Crippen molar-refractivity contribution in [2.24, 2.45) is 5.92 Å². The van der Waals surface area contributed by atoms with E-state index in [0.29, 0.717) is 24.5 Å². The number of benzene rings is 1. The van der Waals surface area contributed by atoms with Crippen molar-refractivity contribution in [3.63, 3.8) is 0 Å². The van der Waals surface area contributed by atoms with Gasteiger partial charge in [0.05, 0.1) is 12.1 Å². The van der Waals surface area contributed by atoms with Gasteiger partial charge in [-0.25, -0.2) is 4.98 Å². The van der Waals surface area contributed by atoms with E-state index in [1.54, 1.807) is 19.4 Å². The van der Waals surface area contributed by atoms with Crippen molar-refractivity contribution in [1.29, 1.82) is 0 Å². The zero-order valence-corrected chi connectivity index (χ0v) is 16.3. The van der Waals surface area contributed by atoms with Gasteiger partial charge in [-0.3, -0.25) is 4.79 Å². The number of fused-ring (bicyclic) bond motifs is 1. The Morgan fingerprint density at radius 1 is 1.28 bits per heavy atom. The molecule has 9 nitrogen and oxygen atoms in total. The van der Waals surface area contributed by atoms with Crippen LogP contribution >= 0.6 is 0 Å². The highest BCUT2D eigenvalue weighted by molar-refractivity contribution is 5.78. The number of hydrogen-bond donors (Lipinski definition) is 3. The lowest BCUT2D eigenvalue weighted by atomic mass is 9.83. The first-order chi connectivity index (χ1) is 14.1. The van der Waals surface area contributed by atoms with Crippen molar-refractivity contribution < 1.29 is 19.0 Å². The van der Waals surface area contributed by atoms with Gasteiger partial charge in [0.1, 0.15) is 5.82 Å². The smallest absolute Gasteiger partial charge is 0.231 e. The summed E-state index contributed by atoms with van der Waals surface area (Å²) in [5.74, 6) is 2.28. The molecule has 4 N–H and O–H groups in total. The number of carbonyl (C=O) groups excluding carboxylic acids is 1. The number of nitrogens with two attached hydrogens (primary N) is 1. The zero-order chi connectivity index (χ0) is 20.2. The lowest BCUT2D eigenvalue weighted by Gasteiger charge is -2.35. The minimum absolute atomic E-state index is 0.0365. The summed E-state index contributed by atoms with van der Waals surface area (Å²) in [5, 5.41) is 6.38. The first-order valence-electron chi connectivity index (χ1n) is 9.66. The fourth-order valence-corrected chi connectivity index (χ4v) is 3.82. The Bertz CT molecular complexity index is 878. The summed E-state index contributed by atoms with van der Waals surface area (Å²) in [6.45, 7) is 0.688. The maximum Gasteiger partial charge on any atom is 0.231 e. The molecule has 0 spiro atoms. The molecule has 1 amide bonds. The molecule has 2 aromatic rings. The minimum Gasteiger partial charge on any atom is -0.454 e. The summed E-state index contributed by atoms with van der Waals surface area (Å²) in [6, 6.07) is 7.52. The van der Waals surface area contributed by atoms with Gasteiger partial charge < -0.3 is 30.6 Å². The third kappa shape index (κ3) is 4.51. The number of ether oxygens (including phenoxy) is 3. The van der Waals surface area contributed by atoms with Crippen LogP contribution in [0.15, 0.2) is 30.5 Å². The number of nitrogen functional groups attached to an aromatic ring is 1. The Morgan fingerprint density at radius 2 is 2.14 bits per heavy atom. The SMILES string of the molecule is CO[C@H]1C[C@@H](C(=O)NCc2ccc3c(c2)OCO3)CC[C@@H]1Nc1ccnc(N)n1. The maximum atomic E-state index is 12.7. The zero-order valence-electron chi connectivity index (χ0n) is 16.3. The van der Waals surface area contributed by atoms with Crippen molar-refractivity contribution in [2.75, 3.05) is 25.0 Å². The highest BCUT2D eigenvalue weighted by Crippen LogP contribution is 2.33. The highest BCUT2D eigenvalue weighted by atomic mass is 16.7. The summed E-state index contributed by atoms with van der Waals surface area (Å²) in [4.78, 5) is 20.8. The van der Waals surface area contributed by atoms with Crippen molar-refractivity contribution in [1.82, 2.24) is 15.3 Å². The predicted octanol–water partition coefficient (Wildman–Crippen LogP) is 1.70. The van der Waals surface area contributed by atoms with Gasteiger partial charge in [-0.2, -0.15) is 4.98 Å². The summed E-state index contributed by atoms with van der Waals surface area (Å²) in [6.07, 6.45) is 3.72. The Balaban J connectivity index is 1.31. The first-order valence-corrected chi connectivity index (χ1v) is 9.66. The summed E-state index contributed by atoms with van der Waals surface area (Å²) in [5.41, 5.74) is 6.62. The molecule has 1 fully saturated rings. The van der Waals surface area contributed by atoms with Crippen molar-refractivity contribution in [3.8, 4) is 11.5 Å². The number of aromatic nitrogens is 2. The quantitative estimate of drug-likeness (QED) is 0.671. The highest BCUT2D eigenvalue weighted by Gasteiger charge is 2.34. The van der Waals surface area contributed by atoms with E-state index >= 15 is 0 Å². The summed E-state index contributed by atoms with van der Waals surface area (Å²) < 4.78 is 16.3. The number of anilines is 2. The van der Waals surface area contributed by atoms with E-state index in [1.165, 1.54) is 0 Å². The second-order valence-corrected chi connectivity index (χ2v) is 7.24. The number of hydrogen-bond acceptors (Lipinski definition) is 8. The molecule has 1 saturated carbocycles.